The fourth-order valence-corrected chi connectivity index (χ4v) is 1.52. The first-order chi connectivity index (χ1) is 7.61. The summed E-state index contributed by atoms with van der Waals surface area (Å²) >= 11 is 0. The lowest BCUT2D eigenvalue weighted by Gasteiger charge is -2.20. The largest absolute Gasteiger partial charge is 0.481 e. The standard InChI is InChI=1S/C12H23NO3/c1-3-5-10-13(4-2)11(14)8-6-7-9-12(15)16/h3-10H2,1-2H3,(H,15,16). The van der Waals surface area contributed by atoms with Gasteiger partial charge < -0.3 is 10.0 Å². The molecule has 1 N–H and O–H groups in total. The molecule has 4 nitrogen and oxygen atoms in total. The van der Waals surface area contributed by atoms with E-state index in [1.54, 1.807) is 0 Å². The molecule has 0 aliphatic rings. The molecule has 0 saturated heterocycles. The molecule has 0 bridgehead atoms. The lowest BCUT2D eigenvalue weighted by atomic mass is 10.1. The van der Waals surface area contributed by atoms with Crippen LogP contribution in [0.4, 0.5) is 0 Å². The first-order valence-corrected chi connectivity index (χ1v) is 6.11. The van der Waals surface area contributed by atoms with Crippen LogP contribution in [0.3, 0.4) is 0 Å². The van der Waals surface area contributed by atoms with Gasteiger partial charge in [-0.1, -0.05) is 13.3 Å². The highest BCUT2D eigenvalue weighted by molar-refractivity contribution is 5.76. The van der Waals surface area contributed by atoms with Crippen LogP contribution in [0.1, 0.15) is 52.4 Å². The summed E-state index contributed by atoms with van der Waals surface area (Å²) in [6.45, 7) is 5.65. The van der Waals surface area contributed by atoms with Gasteiger partial charge in [-0.25, -0.2) is 0 Å². The molecule has 0 aliphatic heterocycles. The number of carbonyl (C=O) groups excluding carboxylic acids is 1. The summed E-state index contributed by atoms with van der Waals surface area (Å²) in [5.74, 6) is -0.632. The summed E-state index contributed by atoms with van der Waals surface area (Å²) in [5.41, 5.74) is 0. The van der Waals surface area contributed by atoms with Crippen molar-refractivity contribution in [3.05, 3.63) is 0 Å². The smallest absolute Gasteiger partial charge is 0.303 e. The van der Waals surface area contributed by atoms with Gasteiger partial charge in [0.25, 0.3) is 0 Å². The summed E-state index contributed by atoms with van der Waals surface area (Å²) in [6, 6.07) is 0. The summed E-state index contributed by atoms with van der Waals surface area (Å²) < 4.78 is 0. The second kappa shape index (κ2) is 9.19. The molecular weight excluding hydrogens is 206 g/mol. The summed E-state index contributed by atoms with van der Waals surface area (Å²) in [6.07, 6.45) is 4.02. The molecule has 0 aromatic rings. The molecular formula is C12H23NO3. The quantitative estimate of drug-likeness (QED) is 0.617. The Balaban J connectivity index is 3.70. The number of rotatable bonds is 9. The van der Waals surface area contributed by atoms with Crippen LogP contribution in [0.15, 0.2) is 0 Å². The zero-order chi connectivity index (χ0) is 12.4. The number of carbonyl (C=O) groups is 2. The van der Waals surface area contributed by atoms with E-state index < -0.39 is 5.97 Å². The molecule has 16 heavy (non-hydrogen) atoms. The van der Waals surface area contributed by atoms with Gasteiger partial charge in [0.2, 0.25) is 5.91 Å². The van der Waals surface area contributed by atoms with Crippen molar-refractivity contribution in [2.45, 2.75) is 52.4 Å². The minimum atomic E-state index is -0.786. The van der Waals surface area contributed by atoms with Crippen molar-refractivity contribution in [3.8, 4) is 0 Å². The maximum absolute atomic E-state index is 11.7. The van der Waals surface area contributed by atoms with Gasteiger partial charge in [-0.05, 0) is 26.2 Å². The number of nitrogens with zero attached hydrogens (tertiary/aromatic N) is 1. The molecule has 0 rings (SSSR count). The van der Waals surface area contributed by atoms with Crippen LogP contribution in [0.2, 0.25) is 0 Å². The van der Waals surface area contributed by atoms with E-state index in [0.717, 1.165) is 25.9 Å². The maximum atomic E-state index is 11.7. The van der Waals surface area contributed by atoms with Gasteiger partial charge in [-0.2, -0.15) is 0 Å². The molecule has 0 aliphatic carbocycles. The van der Waals surface area contributed by atoms with Crippen LogP contribution in [0.5, 0.6) is 0 Å². The third-order valence-electron chi connectivity index (χ3n) is 2.55. The molecule has 0 saturated carbocycles. The number of amides is 1. The van der Waals surface area contributed by atoms with Crippen LogP contribution in [-0.2, 0) is 9.59 Å². The number of hydrogen-bond donors (Lipinski definition) is 1. The van der Waals surface area contributed by atoms with Gasteiger partial charge in [0, 0.05) is 25.9 Å². The number of carboxylic acid groups (broad SMARTS) is 1. The van der Waals surface area contributed by atoms with E-state index >= 15 is 0 Å². The minimum absolute atomic E-state index is 0.154. The zero-order valence-corrected chi connectivity index (χ0v) is 10.4. The first kappa shape index (κ1) is 14.9. The Labute approximate surface area is 97.6 Å². The van der Waals surface area contributed by atoms with E-state index in [1.165, 1.54) is 0 Å². The summed E-state index contributed by atoms with van der Waals surface area (Å²) in [4.78, 5) is 23.8. The van der Waals surface area contributed by atoms with Crippen molar-refractivity contribution >= 4 is 11.9 Å². The Morgan fingerprint density at radius 1 is 1.06 bits per heavy atom. The second-order valence-electron chi connectivity index (χ2n) is 3.93. The number of aliphatic carboxylic acids is 1. The highest BCUT2D eigenvalue weighted by Crippen LogP contribution is 2.05. The van der Waals surface area contributed by atoms with Crippen LogP contribution in [-0.4, -0.2) is 35.0 Å². The van der Waals surface area contributed by atoms with Crippen molar-refractivity contribution in [2.24, 2.45) is 0 Å². The van der Waals surface area contributed by atoms with Crippen molar-refractivity contribution in [2.75, 3.05) is 13.1 Å². The van der Waals surface area contributed by atoms with Gasteiger partial charge in [0.15, 0.2) is 0 Å². The van der Waals surface area contributed by atoms with Gasteiger partial charge in [-0.3, -0.25) is 9.59 Å². The van der Waals surface area contributed by atoms with Crippen molar-refractivity contribution in [1.82, 2.24) is 4.90 Å². The molecule has 94 valence electrons. The molecule has 0 aromatic heterocycles. The van der Waals surface area contributed by atoms with Gasteiger partial charge >= 0.3 is 5.97 Å². The predicted molar refractivity (Wildman–Crippen MR) is 63.3 cm³/mol. The van der Waals surface area contributed by atoms with E-state index in [-0.39, 0.29) is 12.3 Å². The molecule has 0 radical (unpaired) electrons. The maximum Gasteiger partial charge on any atom is 0.303 e. The van der Waals surface area contributed by atoms with Crippen LogP contribution < -0.4 is 0 Å². The lowest BCUT2D eigenvalue weighted by Crippen LogP contribution is -2.31. The highest BCUT2D eigenvalue weighted by atomic mass is 16.4. The van der Waals surface area contributed by atoms with E-state index in [9.17, 15) is 9.59 Å². The SMILES string of the molecule is CCCCN(CC)C(=O)CCCCC(=O)O. The number of unbranched alkanes of at least 4 members (excludes halogenated alkanes) is 2. The van der Waals surface area contributed by atoms with E-state index in [0.29, 0.717) is 19.3 Å². The fourth-order valence-electron chi connectivity index (χ4n) is 1.52. The molecule has 0 atom stereocenters. The van der Waals surface area contributed by atoms with E-state index in [1.807, 2.05) is 11.8 Å². The Morgan fingerprint density at radius 2 is 1.69 bits per heavy atom. The van der Waals surface area contributed by atoms with Gasteiger partial charge in [0.1, 0.15) is 0 Å². The van der Waals surface area contributed by atoms with Gasteiger partial charge in [0.05, 0.1) is 0 Å². The number of carboxylic acids is 1. The highest BCUT2D eigenvalue weighted by Gasteiger charge is 2.10. The van der Waals surface area contributed by atoms with Crippen LogP contribution >= 0.6 is 0 Å². The third-order valence-corrected chi connectivity index (χ3v) is 2.55. The average Bonchev–Trinajstić information content (AvgIpc) is 2.25. The van der Waals surface area contributed by atoms with Gasteiger partial charge in [-0.15, -0.1) is 0 Å². The molecule has 0 fully saturated rings. The molecule has 0 heterocycles. The first-order valence-electron chi connectivity index (χ1n) is 6.11. The summed E-state index contributed by atoms with van der Waals surface area (Å²) in [5, 5.41) is 8.45. The molecule has 4 heteroatoms. The molecule has 0 aromatic carbocycles. The zero-order valence-electron chi connectivity index (χ0n) is 10.4. The Hall–Kier alpha value is -1.06. The normalized spacial score (nSPS) is 10.1. The fraction of sp³-hybridized carbons (Fsp3) is 0.833. The van der Waals surface area contributed by atoms with Crippen molar-refractivity contribution in [3.63, 3.8) is 0 Å². The summed E-state index contributed by atoms with van der Waals surface area (Å²) in [7, 11) is 0. The van der Waals surface area contributed by atoms with Crippen molar-refractivity contribution < 1.29 is 14.7 Å². The lowest BCUT2D eigenvalue weighted by molar-refractivity contribution is -0.137. The Bertz CT molecular complexity index is 216. The molecule has 1 amide bonds. The molecule has 0 unspecified atom stereocenters. The molecule has 0 spiro atoms. The Kier molecular flexibility index (Phi) is 8.58. The average molecular weight is 229 g/mol. The topological polar surface area (TPSA) is 57.6 Å². The van der Waals surface area contributed by atoms with E-state index in [2.05, 4.69) is 6.92 Å². The second-order valence-corrected chi connectivity index (χ2v) is 3.93. The van der Waals surface area contributed by atoms with Crippen LogP contribution in [0.25, 0.3) is 0 Å². The number of hydrogen-bond acceptors (Lipinski definition) is 2. The van der Waals surface area contributed by atoms with Crippen molar-refractivity contribution in [1.29, 1.82) is 0 Å². The minimum Gasteiger partial charge on any atom is -0.481 e. The monoisotopic (exact) mass is 229 g/mol. The van der Waals surface area contributed by atoms with Crippen LogP contribution in [0, 0.1) is 0 Å². The predicted octanol–water partition coefficient (Wildman–Crippen LogP) is 2.28. The Morgan fingerprint density at radius 3 is 2.19 bits per heavy atom. The third kappa shape index (κ3) is 7.26. The van der Waals surface area contributed by atoms with E-state index in [4.69, 9.17) is 5.11 Å².